The van der Waals surface area contributed by atoms with E-state index in [0.717, 1.165) is 26.4 Å². The fourth-order valence-corrected chi connectivity index (χ4v) is 2.19. The van der Waals surface area contributed by atoms with Crippen LogP contribution in [0.3, 0.4) is 0 Å². The van der Waals surface area contributed by atoms with E-state index >= 15 is 0 Å². The zero-order chi connectivity index (χ0) is 13.9. The third-order valence-corrected chi connectivity index (χ3v) is 3.02. The number of carbonyl (C=O) groups is 2. The Hall–Kier alpha value is -0.930. The monoisotopic (exact) mass is 296 g/mol. The van der Waals surface area contributed by atoms with Gasteiger partial charge < -0.3 is 14.0 Å². The molecule has 98 valence electrons. The van der Waals surface area contributed by atoms with Gasteiger partial charge in [0, 0.05) is 0 Å². The number of esters is 2. The molecule has 0 atom stereocenters. The van der Waals surface area contributed by atoms with Gasteiger partial charge in [-0.1, -0.05) is 6.07 Å². The Balaban J connectivity index is 0.00000324. The summed E-state index contributed by atoms with van der Waals surface area (Å²) in [6.07, 6.45) is 0. The van der Waals surface area contributed by atoms with Crippen LogP contribution in [-0.4, -0.2) is 39.1 Å². The van der Waals surface area contributed by atoms with Crippen molar-refractivity contribution in [2.45, 2.75) is 4.90 Å². The van der Waals surface area contributed by atoms with Crippen LogP contribution in [0.15, 0.2) is 23.1 Å². The first kappa shape index (κ1) is 18.1. The minimum Gasteiger partial charge on any atom is -0.744 e. The molecule has 1 rings (SSSR count). The predicted molar refractivity (Wildman–Crippen MR) is 57.1 cm³/mol. The number of hydrogen-bond donors (Lipinski definition) is 0. The van der Waals surface area contributed by atoms with E-state index < -0.39 is 38.1 Å². The average molecular weight is 296 g/mol. The zero-order valence-electron chi connectivity index (χ0n) is 10.5. The standard InChI is InChI=1S/C10H10O7S.Na/c1-16-9(11)6-4-3-5-7(10(12)17-2)8(6)18(13,14)15;/h3-5H,1-2H3,(H,13,14,15);/q;+1/p-1. The van der Waals surface area contributed by atoms with Gasteiger partial charge in [0.2, 0.25) is 0 Å². The van der Waals surface area contributed by atoms with Gasteiger partial charge in [0.25, 0.3) is 0 Å². The molecule has 1 aromatic carbocycles. The summed E-state index contributed by atoms with van der Waals surface area (Å²) < 4.78 is 42.1. The van der Waals surface area contributed by atoms with E-state index in [1.165, 1.54) is 6.07 Å². The van der Waals surface area contributed by atoms with Crippen molar-refractivity contribution in [1.29, 1.82) is 0 Å². The molecule has 0 radical (unpaired) electrons. The molecule has 0 aromatic heterocycles. The number of methoxy groups -OCH3 is 2. The van der Waals surface area contributed by atoms with Gasteiger partial charge in [-0.2, -0.15) is 0 Å². The van der Waals surface area contributed by atoms with Crippen LogP contribution in [0, 0.1) is 0 Å². The maximum Gasteiger partial charge on any atom is 1.00 e. The largest absolute Gasteiger partial charge is 1.00 e. The number of hydrogen-bond acceptors (Lipinski definition) is 7. The summed E-state index contributed by atoms with van der Waals surface area (Å²) in [7, 11) is -2.98. The Labute approximate surface area is 131 Å². The molecule has 0 aliphatic carbocycles. The van der Waals surface area contributed by atoms with Gasteiger partial charge in [0.05, 0.1) is 30.2 Å². The smallest absolute Gasteiger partial charge is 0.744 e. The molecule has 0 N–H and O–H groups in total. The molecule has 7 nitrogen and oxygen atoms in total. The molecule has 0 saturated heterocycles. The van der Waals surface area contributed by atoms with Crippen LogP contribution >= 0.6 is 0 Å². The van der Waals surface area contributed by atoms with Crippen molar-refractivity contribution in [3.8, 4) is 0 Å². The molecule has 0 fully saturated rings. The minimum atomic E-state index is -5.03. The van der Waals surface area contributed by atoms with Crippen LogP contribution in [-0.2, 0) is 19.6 Å². The number of ether oxygens (including phenoxy) is 2. The molecule has 1 aromatic rings. The summed E-state index contributed by atoms with van der Waals surface area (Å²) in [4.78, 5) is 21.8. The molecule has 0 aliphatic rings. The molecular weight excluding hydrogens is 287 g/mol. The van der Waals surface area contributed by atoms with E-state index in [1.807, 2.05) is 0 Å². The first-order chi connectivity index (χ1) is 8.32. The normalized spacial score (nSPS) is 10.3. The number of benzene rings is 1. The second kappa shape index (κ2) is 7.01. The van der Waals surface area contributed by atoms with Crippen molar-refractivity contribution in [1.82, 2.24) is 0 Å². The SMILES string of the molecule is COC(=O)c1cccc(C(=O)OC)c1S(=O)(=O)[O-].[Na+]. The maximum absolute atomic E-state index is 11.4. The van der Waals surface area contributed by atoms with E-state index in [0.29, 0.717) is 0 Å². The van der Waals surface area contributed by atoms with Crippen LogP contribution in [0.25, 0.3) is 0 Å². The van der Waals surface area contributed by atoms with Crippen LogP contribution in [0.1, 0.15) is 20.7 Å². The summed E-state index contributed by atoms with van der Waals surface area (Å²) >= 11 is 0. The zero-order valence-corrected chi connectivity index (χ0v) is 13.3. The first-order valence-corrected chi connectivity index (χ1v) is 5.99. The Bertz CT molecular complexity index is 560. The second-order valence-electron chi connectivity index (χ2n) is 3.12. The van der Waals surface area contributed by atoms with Gasteiger partial charge in [-0.25, -0.2) is 18.0 Å². The van der Waals surface area contributed by atoms with Crippen molar-refractivity contribution in [3.63, 3.8) is 0 Å². The molecule has 0 saturated carbocycles. The van der Waals surface area contributed by atoms with Gasteiger partial charge in [-0.3, -0.25) is 0 Å². The Morgan fingerprint density at radius 2 is 1.42 bits per heavy atom. The Morgan fingerprint density at radius 3 is 1.68 bits per heavy atom. The van der Waals surface area contributed by atoms with Crippen LogP contribution in [0.4, 0.5) is 0 Å². The molecular formula is C10H9NaO7S. The van der Waals surface area contributed by atoms with Gasteiger partial charge in [0.15, 0.2) is 0 Å². The van der Waals surface area contributed by atoms with Gasteiger partial charge in [0.1, 0.15) is 10.1 Å². The number of carbonyl (C=O) groups excluding carboxylic acids is 2. The third kappa shape index (κ3) is 4.02. The van der Waals surface area contributed by atoms with Crippen LogP contribution < -0.4 is 29.6 Å². The van der Waals surface area contributed by atoms with Crippen molar-refractivity contribution in [2.24, 2.45) is 0 Å². The van der Waals surface area contributed by atoms with E-state index in [2.05, 4.69) is 9.47 Å². The van der Waals surface area contributed by atoms with Crippen LogP contribution in [0.2, 0.25) is 0 Å². The van der Waals surface area contributed by atoms with E-state index in [1.54, 1.807) is 0 Å². The fourth-order valence-electron chi connectivity index (χ4n) is 1.35. The third-order valence-electron chi connectivity index (χ3n) is 2.08. The van der Waals surface area contributed by atoms with Gasteiger partial charge in [-0.15, -0.1) is 0 Å². The molecule has 0 spiro atoms. The van der Waals surface area contributed by atoms with Crippen LogP contribution in [0.5, 0.6) is 0 Å². The summed E-state index contributed by atoms with van der Waals surface area (Å²) in [5, 5.41) is 0. The van der Waals surface area contributed by atoms with Crippen molar-refractivity contribution >= 4 is 22.1 Å². The fraction of sp³-hybridized carbons (Fsp3) is 0.200. The predicted octanol–water partition coefficient (Wildman–Crippen LogP) is -2.83. The van der Waals surface area contributed by atoms with E-state index in [-0.39, 0.29) is 29.6 Å². The van der Waals surface area contributed by atoms with Gasteiger partial charge >= 0.3 is 41.5 Å². The minimum absolute atomic E-state index is 0. The molecule has 19 heavy (non-hydrogen) atoms. The summed E-state index contributed by atoms with van der Waals surface area (Å²) in [5.41, 5.74) is -1.01. The molecule has 0 amide bonds. The van der Waals surface area contributed by atoms with E-state index in [9.17, 15) is 22.6 Å². The van der Waals surface area contributed by atoms with E-state index in [4.69, 9.17) is 0 Å². The Kier molecular flexibility index (Phi) is 6.67. The molecule has 0 aliphatic heterocycles. The van der Waals surface area contributed by atoms with Crippen molar-refractivity contribution < 1.29 is 61.6 Å². The van der Waals surface area contributed by atoms with Gasteiger partial charge in [-0.05, 0) is 12.1 Å². The summed E-state index contributed by atoms with van der Waals surface area (Å²) in [6, 6.07) is 3.39. The molecule has 0 heterocycles. The summed E-state index contributed by atoms with van der Waals surface area (Å²) in [6.45, 7) is 0. The number of rotatable bonds is 3. The molecule has 9 heteroatoms. The second-order valence-corrected chi connectivity index (χ2v) is 4.44. The Morgan fingerprint density at radius 1 is 1.05 bits per heavy atom. The first-order valence-electron chi connectivity index (χ1n) is 4.58. The molecule has 0 bridgehead atoms. The molecule has 0 unspecified atom stereocenters. The van der Waals surface area contributed by atoms with Crippen molar-refractivity contribution in [2.75, 3.05) is 14.2 Å². The topological polar surface area (TPSA) is 110 Å². The maximum atomic E-state index is 11.4. The van der Waals surface area contributed by atoms with Crippen molar-refractivity contribution in [3.05, 3.63) is 29.3 Å². The summed E-state index contributed by atoms with van der Waals surface area (Å²) in [5.74, 6) is -2.06. The quantitative estimate of drug-likeness (QED) is 0.336. The average Bonchev–Trinajstić information content (AvgIpc) is 2.34.